The lowest BCUT2D eigenvalue weighted by atomic mass is 9.93. The van der Waals surface area contributed by atoms with Crippen molar-refractivity contribution in [2.24, 2.45) is 0 Å². The number of nitrogens with one attached hydrogen (secondary N) is 1. The van der Waals surface area contributed by atoms with Gasteiger partial charge < -0.3 is 14.2 Å². The minimum absolute atomic E-state index is 0.0456. The molecule has 0 fully saturated rings. The van der Waals surface area contributed by atoms with E-state index in [-0.39, 0.29) is 22.1 Å². The summed E-state index contributed by atoms with van der Waals surface area (Å²) in [5.41, 5.74) is 2.45. The minimum Gasteiger partial charge on any atom is -0.516 e. The van der Waals surface area contributed by atoms with E-state index in [9.17, 15) is 9.59 Å². The molecule has 2 atom stereocenters. The molecule has 2 aromatic carbocycles. The molecular formula is C30H46BNO4Si2. The topological polar surface area (TPSA) is 64.6 Å². The SMILES string of the molecule is [B]C(=O)N[C@H](Cc1ccccc1)[C@@H](Cc1ccccc1C(=O)O[Si](C)(C)C(C)(C)C)O[Si](C)(C)C(C)(C)C. The van der Waals surface area contributed by atoms with Crippen LogP contribution in [0.4, 0.5) is 4.79 Å². The summed E-state index contributed by atoms with van der Waals surface area (Å²) in [6.07, 6.45) is 0.595. The Hall–Kier alpha value is -2.16. The zero-order valence-electron chi connectivity index (χ0n) is 25.0. The van der Waals surface area contributed by atoms with Crippen molar-refractivity contribution in [1.29, 1.82) is 0 Å². The first-order valence-electron chi connectivity index (χ1n) is 13.4. The summed E-state index contributed by atoms with van der Waals surface area (Å²) in [6.45, 7) is 21.5. The average Bonchev–Trinajstić information content (AvgIpc) is 2.77. The van der Waals surface area contributed by atoms with Crippen molar-refractivity contribution in [2.75, 3.05) is 0 Å². The van der Waals surface area contributed by atoms with Crippen LogP contribution in [-0.2, 0) is 21.7 Å². The van der Waals surface area contributed by atoms with Gasteiger partial charge in [-0.05, 0) is 59.9 Å². The smallest absolute Gasteiger partial charge is 0.325 e. The van der Waals surface area contributed by atoms with Gasteiger partial charge in [0.1, 0.15) is 0 Å². The number of rotatable bonds is 10. The van der Waals surface area contributed by atoms with Gasteiger partial charge in [-0.3, -0.25) is 4.79 Å². The highest BCUT2D eigenvalue weighted by atomic mass is 28.4. The molecule has 1 N–H and O–H groups in total. The van der Waals surface area contributed by atoms with Gasteiger partial charge in [0.25, 0.3) is 8.32 Å². The van der Waals surface area contributed by atoms with Crippen molar-refractivity contribution in [3.8, 4) is 0 Å². The van der Waals surface area contributed by atoms with E-state index in [0.717, 1.165) is 11.1 Å². The summed E-state index contributed by atoms with van der Waals surface area (Å²) >= 11 is 0. The molecule has 0 heterocycles. The lowest BCUT2D eigenvalue weighted by molar-refractivity contribution is 0.0709. The third-order valence-corrected chi connectivity index (χ3v) is 17.0. The molecule has 0 unspecified atom stereocenters. The molecule has 38 heavy (non-hydrogen) atoms. The third-order valence-electron chi connectivity index (χ3n) is 8.14. The van der Waals surface area contributed by atoms with Crippen LogP contribution >= 0.6 is 0 Å². The monoisotopic (exact) mass is 551 g/mol. The van der Waals surface area contributed by atoms with Gasteiger partial charge in [-0.2, -0.15) is 0 Å². The van der Waals surface area contributed by atoms with Crippen LogP contribution in [0, 0.1) is 0 Å². The third kappa shape index (κ3) is 8.68. The first kappa shape index (κ1) is 32.1. The highest BCUT2D eigenvalue weighted by Gasteiger charge is 2.42. The number of benzene rings is 2. The van der Waals surface area contributed by atoms with Crippen molar-refractivity contribution in [2.45, 2.75) is 103 Å². The van der Waals surface area contributed by atoms with Gasteiger partial charge in [0.05, 0.1) is 17.7 Å². The fraction of sp³-hybridized carbons (Fsp3) is 0.533. The summed E-state index contributed by atoms with van der Waals surface area (Å²) in [7, 11) is 1.07. The molecule has 2 rings (SSSR count). The van der Waals surface area contributed by atoms with Crippen LogP contribution in [-0.4, -0.2) is 48.4 Å². The maximum atomic E-state index is 13.5. The molecule has 8 heteroatoms. The zero-order chi connectivity index (χ0) is 28.9. The molecular weight excluding hydrogens is 505 g/mol. The highest BCUT2D eigenvalue weighted by Crippen LogP contribution is 2.39. The lowest BCUT2D eigenvalue weighted by Gasteiger charge is -2.42. The van der Waals surface area contributed by atoms with Crippen LogP contribution in [0.15, 0.2) is 54.6 Å². The maximum Gasteiger partial charge on any atom is 0.325 e. The maximum absolute atomic E-state index is 13.5. The van der Waals surface area contributed by atoms with Crippen LogP contribution in [0.25, 0.3) is 0 Å². The summed E-state index contributed by atoms with van der Waals surface area (Å²) in [5.74, 6) is -0.902. The molecule has 0 aliphatic heterocycles. The number of amides is 1. The van der Waals surface area contributed by atoms with E-state index in [2.05, 4.69) is 73.0 Å². The Kier molecular flexibility index (Phi) is 10.4. The van der Waals surface area contributed by atoms with Crippen LogP contribution in [0.2, 0.25) is 36.3 Å². The molecule has 0 spiro atoms. The van der Waals surface area contributed by atoms with E-state index in [4.69, 9.17) is 16.7 Å². The second kappa shape index (κ2) is 12.3. The van der Waals surface area contributed by atoms with Crippen molar-refractivity contribution < 1.29 is 18.4 Å². The van der Waals surface area contributed by atoms with E-state index < -0.39 is 28.5 Å². The van der Waals surface area contributed by atoms with Crippen molar-refractivity contribution in [3.05, 3.63) is 71.3 Å². The van der Waals surface area contributed by atoms with Crippen molar-refractivity contribution >= 4 is 36.3 Å². The van der Waals surface area contributed by atoms with Gasteiger partial charge in [0, 0.05) is 6.42 Å². The lowest BCUT2D eigenvalue weighted by Crippen LogP contribution is -2.53. The van der Waals surface area contributed by atoms with Crippen molar-refractivity contribution in [3.63, 3.8) is 0 Å². The van der Waals surface area contributed by atoms with Crippen LogP contribution in [0.5, 0.6) is 0 Å². The molecule has 5 nitrogen and oxygen atoms in total. The van der Waals surface area contributed by atoms with Gasteiger partial charge in [0.15, 0.2) is 14.1 Å². The summed E-state index contributed by atoms with van der Waals surface area (Å²) in [4.78, 5) is 25.6. The Labute approximate surface area is 233 Å². The molecule has 2 aromatic rings. The fourth-order valence-electron chi connectivity index (χ4n) is 3.70. The highest BCUT2D eigenvalue weighted by molar-refractivity contribution is 6.75. The van der Waals surface area contributed by atoms with Gasteiger partial charge in [-0.1, -0.05) is 90.1 Å². The van der Waals surface area contributed by atoms with E-state index >= 15 is 0 Å². The Morgan fingerprint density at radius 3 is 1.87 bits per heavy atom. The average molecular weight is 552 g/mol. The Morgan fingerprint density at radius 2 is 1.34 bits per heavy atom. The fourth-order valence-corrected chi connectivity index (χ4v) is 5.94. The predicted octanol–water partition coefficient (Wildman–Crippen LogP) is 7.27. The van der Waals surface area contributed by atoms with Crippen LogP contribution in [0.1, 0.15) is 63.0 Å². The number of carbonyl (C=O) groups is 2. The molecule has 2 radical (unpaired) electrons. The predicted molar refractivity (Wildman–Crippen MR) is 163 cm³/mol. The molecule has 0 aromatic heterocycles. The summed E-state index contributed by atoms with van der Waals surface area (Å²) in [5, 5.41) is 2.81. The van der Waals surface area contributed by atoms with Crippen molar-refractivity contribution in [1.82, 2.24) is 5.32 Å². The summed E-state index contributed by atoms with van der Waals surface area (Å²) in [6, 6.07) is 17.2. The molecule has 0 aliphatic rings. The van der Waals surface area contributed by atoms with Gasteiger partial charge >= 0.3 is 5.97 Å². The molecule has 206 valence electrons. The Balaban J connectivity index is 2.51. The first-order valence-corrected chi connectivity index (χ1v) is 19.2. The van der Waals surface area contributed by atoms with Gasteiger partial charge in [-0.15, -0.1) is 0 Å². The minimum atomic E-state index is -2.32. The quantitative estimate of drug-likeness (QED) is 0.316. The standard InChI is InChI=1S/C30H46BNO4Si2/c1-29(2,3)37(7,8)35-26(25(32-28(31)34)20-22-16-12-11-13-17-22)21-23-18-14-15-19-24(23)27(33)36-38(9,10)30(4,5)6/h11-19,25-26H,20-21H2,1-10H3,(H,32,34)/t25-,26-/m1/s1. The van der Waals surface area contributed by atoms with E-state index in [1.165, 1.54) is 0 Å². The number of hydrogen-bond donors (Lipinski definition) is 1. The van der Waals surface area contributed by atoms with Gasteiger partial charge in [0.2, 0.25) is 7.85 Å². The van der Waals surface area contributed by atoms with E-state index in [0.29, 0.717) is 18.4 Å². The molecule has 0 aliphatic carbocycles. The van der Waals surface area contributed by atoms with Crippen LogP contribution in [0.3, 0.4) is 0 Å². The normalized spacial score (nSPS) is 14.5. The molecule has 1 amide bonds. The Morgan fingerprint density at radius 1 is 0.816 bits per heavy atom. The number of carbonyl (C=O) groups excluding carboxylic acids is 2. The molecule has 0 bridgehead atoms. The second-order valence-electron chi connectivity index (χ2n) is 13.2. The largest absolute Gasteiger partial charge is 0.516 e. The second-order valence-corrected chi connectivity index (χ2v) is 22.7. The molecule has 0 saturated heterocycles. The molecule has 0 saturated carbocycles. The van der Waals surface area contributed by atoms with E-state index in [1.54, 1.807) is 0 Å². The van der Waals surface area contributed by atoms with Crippen LogP contribution < -0.4 is 5.32 Å². The zero-order valence-corrected chi connectivity index (χ0v) is 27.0. The summed E-state index contributed by atoms with van der Waals surface area (Å²) < 4.78 is 13.1. The Bertz CT molecular complexity index is 1090. The first-order chi connectivity index (χ1) is 17.3. The van der Waals surface area contributed by atoms with E-state index in [1.807, 2.05) is 54.6 Å². The van der Waals surface area contributed by atoms with Gasteiger partial charge in [-0.25, -0.2) is 4.79 Å². The number of hydrogen-bond acceptors (Lipinski definition) is 4.